The minimum Gasteiger partial charge on any atom is -0.310 e. The fraction of sp³-hybridized carbons (Fsp3) is 0.286. The summed E-state index contributed by atoms with van der Waals surface area (Å²) in [4.78, 5) is 1.14. The van der Waals surface area contributed by atoms with Gasteiger partial charge >= 0.3 is 0 Å². The molecule has 0 amide bonds. The number of benzene rings is 1. The maximum absolute atomic E-state index is 13.1. The zero-order valence-corrected chi connectivity index (χ0v) is 10.3. The maximum Gasteiger partial charge on any atom is 0.123 e. The molecule has 1 saturated carbocycles. The Morgan fingerprint density at radius 3 is 2.94 bits per heavy atom. The smallest absolute Gasteiger partial charge is 0.123 e. The Balaban J connectivity index is 1.74. The molecule has 0 unspecified atom stereocenters. The number of halogens is 1. The molecule has 0 bridgehead atoms. The number of thiophene rings is 1. The molecule has 0 atom stereocenters. The van der Waals surface area contributed by atoms with Crippen molar-refractivity contribution in [2.45, 2.75) is 25.4 Å². The van der Waals surface area contributed by atoms with Crippen LogP contribution in [0.1, 0.15) is 18.4 Å². The zero-order chi connectivity index (χ0) is 11.7. The van der Waals surface area contributed by atoms with E-state index >= 15 is 0 Å². The SMILES string of the molecule is Fc1cccc(-c2cc(CNC3CC3)cs2)c1. The van der Waals surface area contributed by atoms with Crippen LogP contribution in [0, 0.1) is 5.82 Å². The molecular weight excluding hydrogens is 233 g/mol. The number of nitrogens with one attached hydrogen (secondary N) is 1. The molecule has 1 aliphatic rings. The highest BCUT2D eigenvalue weighted by atomic mass is 32.1. The quantitative estimate of drug-likeness (QED) is 0.866. The first-order chi connectivity index (χ1) is 8.31. The molecule has 17 heavy (non-hydrogen) atoms. The predicted octanol–water partition coefficient (Wildman–Crippen LogP) is 3.81. The minimum absolute atomic E-state index is 0.173. The van der Waals surface area contributed by atoms with Crippen molar-refractivity contribution in [3.8, 4) is 10.4 Å². The summed E-state index contributed by atoms with van der Waals surface area (Å²) in [6, 6.07) is 9.65. The predicted molar refractivity (Wildman–Crippen MR) is 69.6 cm³/mol. The number of rotatable bonds is 4. The van der Waals surface area contributed by atoms with E-state index in [1.54, 1.807) is 23.5 Å². The van der Waals surface area contributed by atoms with Crippen molar-refractivity contribution < 1.29 is 4.39 Å². The van der Waals surface area contributed by atoms with Crippen molar-refractivity contribution in [3.63, 3.8) is 0 Å². The van der Waals surface area contributed by atoms with E-state index in [2.05, 4.69) is 16.8 Å². The van der Waals surface area contributed by atoms with Crippen LogP contribution in [0.15, 0.2) is 35.7 Å². The van der Waals surface area contributed by atoms with E-state index in [1.807, 2.05) is 6.07 Å². The highest BCUT2D eigenvalue weighted by molar-refractivity contribution is 7.13. The molecule has 1 aromatic carbocycles. The van der Waals surface area contributed by atoms with Crippen molar-refractivity contribution in [2.75, 3.05) is 0 Å². The normalized spacial score (nSPS) is 15.1. The van der Waals surface area contributed by atoms with E-state index in [1.165, 1.54) is 24.5 Å². The van der Waals surface area contributed by atoms with Crippen molar-refractivity contribution in [2.24, 2.45) is 0 Å². The molecular formula is C14H14FNS. The van der Waals surface area contributed by atoms with Gasteiger partial charge in [-0.25, -0.2) is 4.39 Å². The molecule has 0 saturated heterocycles. The molecule has 0 radical (unpaired) electrons. The third-order valence-electron chi connectivity index (χ3n) is 2.94. The Morgan fingerprint density at radius 1 is 1.29 bits per heavy atom. The van der Waals surface area contributed by atoms with E-state index in [-0.39, 0.29) is 5.82 Å². The van der Waals surface area contributed by atoms with Crippen LogP contribution in [-0.2, 0) is 6.54 Å². The summed E-state index contributed by atoms with van der Waals surface area (Å²) in [5, 5.41) is 5.63. The highest BCUT2D eigenvalue weighted by Gasteiger charge is 2.20. The third kappa shape index (κ3) is 2.73. The van der Waals surface area contributed by atoms with Gasteiger partial charge in [0.1, 0.15) is 5.82 Å². The first-order valence-corrected chi connectivity index (χ1v) is 6.76. The molecule has 1 aromatic heterocycles. The van der Waals surface area contributed by atoms with Gasteiger partial charge in [0.15, 0.2) is 0 Å². The third-order valence-corrected chi connectivity index (χ3v) is 3.96. The summed E-state index contributed by atoms with van der Waals surface area (Å²) < 4.78 is 13.1. The Bertz CT molecular complexity index is 516. The molecule has 1 N–H and O–H groups in total. The standard InChI is InChI=1S/C14H14FNS/c15-12-3-1-2-11(7-12)14-6-10(9-17-14)8-16-13-4-5-13/h1-3,6-7,9,13,16H,4-5,8H2. The van der Waals surface area contributed by atoms with Gasteiger partial charge < -0.3 is 5.32 Å². The molecule has 1 heterocycles. The first kappa shape index (κ1) is 10.9. The lowest BCUT2D eigenvalue weighted by atomic mass is 10.1. The Hall–Kier alpha value is -1.19. The molecule has 1 fully saturated rings. The monoisotopic (exact) mass is 247 g/mol. The van der Waals surface area contributed by atoms with Crippen LogP contribution in [0.2, 0.25) is 0 Å². The summed E-state index contributed by atoms with van der Waals surface area (Å²) in [5.74, 6) is -0.173. The van der Waals surface area contributed by atoms with Gasteiger partial charge in [-0.05, 0) is 47.5 Å². The number of hydrogen-bond donors (Lipinski definition) is 1. The molecule has 0 spiro atoms. The first-order valence-electron chi connectivity index (χ1n) is 5.88. The van der Waals surface area contributed by atoms with Gasteiger partial charge in [-0.1, -0.05) is 12.1 Å². The van der Waals surface area contributed by atoms with Gasteiger partial charge in [0.25, 0.3) is 0 Å². The molecule has 2 aromatic rings. The van der Waals surface area contributed by atoms with Crippen LogP contribution >= 0.6 is 11.3 Å². The molecule has 3 rings (SSSR count). The average molecular weight is 247 g/mol. The lowest BCUT2D eigenvalue weighted by Crippen LogP contribution is -2.14. The maximum atomic E-state index is 13.1. The van der Waals surface area contributed by atoms with Crippen molar-refractivity contribution in [1.82, 2.24) is 5.32 Å². The summed E-state index contributed by atoms with van der Waals surface area (Å²) >= 11 is 1.68. The fourth-order valence-corrected chi connectivity index (χ4v) is 2.72. The van der Waals surface area contributed by atoms with Crippen LogP contribution < -0.4 is 5.32 Å². The lowest BCUT2D eigenvalue weighted by Gasteiger charge is -1.99. The minimum atomic E-state index is -0.173. The van der Waals surface area contributed by atoms with Crippen LogP contribution in [0.4, 0.5) is 4.39 Å². The Kier molecular flexibility index (Phi) is 2.95. The topological polar surface area (TPSA) is 12.0 Å². The van der Waals surface area contributed by atoms with E-state index in [0.29, 0.717) is 0 Å². The molecule has 88 valence electrons. The van der Waals surface area contributed by atoms with Gasteiger partial charge in [0.05, 0.1) is 0 Å². The van der Waals surface area contributed by atoms with Crippen LogP contribution in [0.3, 0.4) is 0 Å². The second-order valence-electron chi connectivity index (χ2n) is 4.48. The van der Waals surface area contributed by atoms with Crippen LogP contribution in [-0.4, -0.2) is 6.04 Å². The molecule has 3 heteroatoms. The Labute approximate surface area is 104 Å². The second kappa shape index (κ2) is 4.59. The molecule has 1 nitrogen and oxygen atoms in total. The van der Waals surface area contributed by atoms with Gasteiger partial charge in [0.2, 0.25) is 0 Å². The number of hydrogen-bond acceptors (Lipinski definition) is 2. The van der Waals surface area contributed by atoms with E-state index in [4.69, 9.17) is 0 Å². The second-order valence-corrected chi connectivity index (χ2v) is 5.40. The van der Waals surface area contributed by atoms with Gasteiger partial charge in [-0.3, -0.25) is 0 Å². The van der Waals surface area contributed by atoms with Crippen molar-refractivity contribution >= 4 is 11.3 Å². The van der Waals surface area contributed by atoms with E-state index in [9.17, 15) is 4.39 Å². The van der Waals surface area contributed by atoms with Crippen molar-refractivity contribution in [3.05, 3.63) is 47.1 Å². The molecule has 0 aliphatic heterocycles. The fourth-order valence-electron chi connectivity index (χ4n) is 1.81. The van der Waals surface area contributed by atoms with Gasteiger partial charge in [-0.2, -0.15) is 0 Å². The van der Waals surface area contributed by atoms with E-state index in [0.717, 1.165) is 23.0 Å². The van der Waals surface area contributed by atoms with Crippen LogP contribution in [0.25, 0.3) is 10.4 Å². The summed E-state index contributed by atoms with van der Waals surface area (Å²) in [6.45, 7) is 0.927. The largest absolute Gasteiger partial charge is 0.310 e. The summed E-state index contributed by atoms with van der Waals surface area (Å²) in [7, 11) is 0. The Morgan fingerprint density at radius 2 is 2.18 bits per heavy atom. The van der Waals surface area contributed by atoms with Gasteiger partial charge in [0, 0.05) is 17.5 Å². The summed E-state index contributed by atoms with van der Waals surface area (Å²) in [6.07, 6.45) is 2.61. The van der Waals surface area contributed by atoms with E-state index < -0.39 is 0 Å². The zero-order valence-electron chi connectivity index (χ0n) is 9.45. The van der Waals surface area contributed by atoms with Crippen molar-refractivity contribution in [1.29, 1.82) is 0 Å². The average Bonchev–Trinajstić information content (AvgIpc) is 3.04. The summed E-state index contributed by atoms with van der Waals surface area (Å²) in [5.41, 5.74) is 2.26. The highest BCUT2D eigenvalue weighted by Crippen LogP contribution is 2.28. The van der Waals surface area contributed by atoms with Gasteiger partial charge in [-0.15, -0.1) is 11.3 Å². The lowest BCUT2D eigenvalue weighted by molar-refractivity contribution is 0.628. The van der Waals surface area contributed by atoms with Crippen LogP contribution in [0.5, 0.6) is 0 Å². The molecule has 1 aliphatic carbocycles.